The molecule has 0 fully saturated rings. The van der Waals surface area contributed by atoms with E-state index >= 15 is 0 Å². The van der Waals surface area contributed by atoms with E-state index in [0.717, 1.165) is 11.1 Å². The smallest absolute Gasteiger partial charge is 0.238 e. The Kier molecular flexibility index (Phi) is 8.16. The highest BCUT2D eigenvalue weighted by Crippen LogP contribution is 2.28. The summed E-state index contributed by atoms with van der Waals surface area (Å²) in [6.45, 7) is 1.95. The van der Waals surface area contributed by atoms with Gasteiger partial charge in [-0.05, 0) is 35.2 Å². The Hall–Kier alpha value is -3.40. The second kappa shape index (κ2) is 10.9. The molecule has 5 N–H and O–H groups in total. The number of sulfonamides is 1. The van der Waals surface area contributed by atoms with Crippen molar-refractivity contribution in [3.8, 4) is 11.1 Å². The van der Waals surface area contributed by atoms with Crippen molar-refractivity contribution in [1.29, 1.82) is 5.41 Å². The molecule has 3 rings (SSSR count). The summed E-state index contributed by atoms with van der Waals surface area (Å²) in [5.74, 6) is -0.178. The fraction of sp³-hybridized carbons (Fsp3) is 0.192. The van der Waals surface area contributed by atoms with Crippen molar-refractivity contribution < 1.29 is 13.2 Å². The lowest BCUT2D eigenvalue weighted by Gasteiger charge is -2.29. The number of likely N-dealkylation sites (N-methyl/N-ethyl adjacent to an activating group) is 1. The van der Waals surface area contributed by atoms with Crippen LogP contribution in [0.15, 0.2) is 77.7 Å². The minimum Gasteiger partial charge on any atom is -0.384 e. The minimum atomic E-state index is -3.87. The molecule has 0 aliphatic rings. The van der Waals surface area contributed by atoms with E-state index < -0.39 is 16.1 Å². The molecule has 0 spiro atoms. The fourth-order valence-corrected chi connectivity index (χ4v) is 4.95. The van der Waals surface area contributed by atoms with Crippen LogP contribution >= 0.6 is 12.2 Å². The molecule has 0 aromatic heterocycles. The molecule has 0 bridgehead atoms. The van der Waals surface area contributed by atoms with Crippen LogP contribution in [-0.4, -0.2) is 37.0 Å². The van der Waals surface area contributed by atoms with Gasteiger partial charge in [-0.3, -0.25) is 10.2 Å². The summed E-state index contributed by atoms with van der Waals surface area (Å²) in [4.78, 5) is 15.6. The molecule has 1 amide bonds. The molecule has 1 atom stereocenters. The molecule has 0 aliphatic heterocycles. The predicted molar refractivity (Wildman–Crippen MR) is 143 cm³/mol. The molecule has 3 aromatic carbocycles. The highest BCUT2D eigenvalue weighted by Gasteiger charge is 2.25. The second-order valence-electron chi connectivity index (χ2n) is 8.18. The number of hydrogen-bond donors (Lipinski definition) is 3. The number of nitrogens with two attached hydrogens (primary N) is 2. The average molecular weight is 509 g/mol. The molecule has 1 unspecified atom stereocenters. The monoisotopic (exact) mass is 508 g/mol. The Morgan fingerprint density at radius 2 is 1.71 bits per heavy atom. The van der Waals surface area contributed by atoms with Crippen molar-refractivity contribution in [1.82, 2.24) is 4.90 Å². The quantitative estimate of drug-likeness (QED) is 0.230. The van der Waals surface area contributed by atoms with Gasteiger partial charge in [-0.25, -0.2) is 13.6 Å². The van der Waals surface area contributed by atoms with E-state index in [0.29, 0.717) is 28.0 Å². The molecule has 182 valence electrons. The van der Waals surface area contributed by atoms with Crippen LogP contribution in [-0.2, 0) is 21.2 Å². The van der Waals surface area contributed by atoms with Crippen molar-refractivity contribution in [3.05, 3.63) is 89.5 Å². The zero-order valence-electron chi connectivity index (χ0n) is 19.6. The lowest BCUT2D eigenvalue weighted by atomic mass is 9.97. The summed E-state index contributed by atoms with van der Waals surface area (Å²) in [7, 11) is -2.16. The summed E-state index contributed by atoms with van der Waals surface area (Å²) in [6.07, 6.45) is 0.753. The first-order chi connectivity index (χ1) is 16.5. The molecule has 35 heavy (non-hydrogen) atoms. The maximum Gasteiger partial charge on any atom is 0.238 e. The molecule has 0 saturated carbocycles. The number of amidine groups is 1. The highest BCUT2D eigenvalue weighted by molar-refractivity contribution is 7.89. The van der Waals surface area contributed by atoms with E-state index in [2.05, 4.69) is 0 Å². The topological polar surface area (TPSA) is 130 Å². The summed E-state index contributed by atoms with van der Waals surface area (Å²) < 4.78 is 23.9. The average Bonchev–Trinajstić information content (AvgIpc) is 2.84. The first-order valence-corrected chi connectivity index (χ1v) is 12.9. The lowest BCUT2D eigenvalue weighted by molar-refractivity contribution is -0.130. The van der Waals surface area contributed by atoms with Gasteiger partial charge in [-0.2, -0.15) is 0 Å². The fourth-order valence-electron chi connectivity index (χ4n) is 3.89. The second-order valence-corrected chi connectivity index (χ2v) is 10.2. The lowest BCUT2D eigenvalue weighted by Crippen LogP contribution is -2.36. The van der Waals surface area contributed by atoms with Gasteiger partial charge >= 0.3 is 0 Å². The van der Waals surface area contributed by atoms with Crippen LogP contribution < -0.4 is 10.9 Å². The van der Waals surface area contributed by atoms with Crippen molar-refractivity contribution in [2.24, 2.45) is 10.9 Å². The van der Waals surface area contributed by atoms with Crippen LogP contribution in [0.1, 0.15) is 36.1 Å². The maximum atomic E-state index is 13.2. The predicted octanol–water partition coefficient (Wildman–Crippen LogP) is 3.81. The number of nitrogens with zero attached hydrogens (tertiary/aromatic N) is 1. The van der Waals surface area contributed by atoms with E-state index in [1.165, 1.54) is 6.07 Å². The first kappa shape index (κ1) is 26.2. The molecule has 0 radical (unpaired) electrons. The molecule has 3 aromatic rings. The van der Waals surface area contributed by atoms with Crippen molar-refractivity contribution in [2.75, 3.05) is 7.05 Å². The highest BCUT2D eigenvalue weighted by atomic mass is 32.2. The van der Waals surface area contributed by atoms with Crippen LogP contribution in [0, 0.1) is 5.41 Å². The molecular weight excluding hydrogens is 480 g/mol. The number of primary sulfonamides is 1. The van der Waals surface area contributed by atoms with E-state index in [9.17, 15) is 13.2 Å². The SMILES string of the molecule is CCC(=S)C(c1cccc(C(=N)N)c1)N(C)C(=O)Cc1ccc(-c2ccccc2S(N)(=O)=O)cc1. The maximum absolute atomic E-state index is 13.2. The van der Waals surface area contributed by atoms with Crippen LogP contribution in [0.5, 0.6) is 0 Å². The van der Waals surface area contributed by atoms with Gasteiger partial charge in [-0.15, -0.1) is 0 Å². The van der Waals surface area contributed by atoms with Crippen molar-refractivity contribution in [2.45, 2.75) is 30.7 Å². The molecular formula is C26H28N4O3S2. The van der Waals surface area contributed by atoms with Crippen LogP contribution in [0.2, 0.25) is 0 Å². The Morgan fingerprint density at radius 1 is 1.06 bits per heavy atom. The Balaban J connectivity index is 1.84. The van der Waals surface area contributed by atoms with Crippen LogP contribution in [0.3, 0.4) is 0 Å². The number of rotatable bonds is 9. The summed E-state index contributed by atoms with van der Waals surface area (Å²) >= 11 is 5.60. The van der Waals surface area contributed by atoms with Gasteiger partial charge < -0.3 is 10.6 Å². The Bertz CT molecular complexity index is 1370. The summed E-state index contributed by atoms with van der Waals surface area (Å²) in [5.41, 5.74) is 8.98. The number of nitrogens with one attached hydrogen (secondary N) is 1. The molecule has 7 nitrogen and oxygen atoms in total. The number of carbonyl (C=O) groups is 1. The number of nitrogen functional groups attached to an aromatic ring is 1. The molecule has 9 heteroatoms. The van der Waals surface area contributed by atoms with Gasteiger partial charge in [0.25, 0.3) is 0 Å². The molecule has 0 heterocycles. The van der Waals surface area contributed by atoms with Gasteiger partial charge in [-0.1, -0.05) is 79.8 Å². The third kappa shape index (κ3) is 6.19. The number of thiocarbonyl (C=S) groups is 1. The van der Waals surface area contributed by atoms with Gasteiger partial charge in [0, 0.05) is 23.0 Å². The van der Waals surface area contributed by atoms with E-state index in [4.69, 9.17) is 28.5 Å². The molecule has 0 saturated heterocycles. The van der Waals surface area contributed by atoms with Gasteiger partial charge in [0.1, 0.15) is 5.84 Å². The normalized spacial score (nSPS) is 12.1. The van der Waals surface area contributed by atoms with Gasteiger partial charge in [0.05, 0.1) is 17.4 Å². The number of amides is 1. The Morgan fingerprint density at radius 3 is 2.31 bits per heavy atom. The third-order valence-corrected chi connectivity index (χ3v) is 7.24. The number of carbonyl (C=O) groups excluding carboxylic acids is 1. The zero-order chi connectivity index (χ0) is 25.8. The number of hydrogen-bond acceptors (Lipinski definition) is 5. The van der Waals surface area contributed by atoms with Crippen LogP contribution in [0.4, 0.5) is 0 Å². The van der Waals surface area contributed by atoms with Crippen molar-refractivity contribution >= 4 is 38.8 Å². The third-order valence-electron chi connectivity index (χ3n) is 5.76. The van der Waals surface area contributed by atoms with Crippen LogP contribution in [0.25, 0.3) is 11.1 Å². The van der Waals surface area contributed by atoms with Crippen molar-refractivity contribution in [3.63, 3.8) is 0 Å². The Labute approximate surface area is 211 Å². The zero-order valence-corrected chi connectivity index (χ0v) is 21.2. The van der Waals surface area contributed by atoms with E-state index in [1.807, 2.05) is 13.0 Å². The first-order valence-electron chi connectivity index (χ1n) is 11.0. The summed E-state index contributed by atoms with van der Waals surface area (Å²) in [6, 6.07) is 20.4. The van der Waals surface area contributed by atoms with Gasteiger partial charge in [0.15, 0.2) is 0 Å². The number of benzene rings is 3. The standard InChI is InChI=1S/C26H28N4O3S2/c1-3-22(34)25(19-7-6-8-20(16-19)26(27)28)30(2)24(31)15-17-11-13-18(14-12-17)21-9-4-5-10-23(21)35(29,32)33/h4-14,16,25H,3,15H2,1-2H3,(H3,27,28)(H2,29,32,33). The minimum absolute atomic E-state index is 0.0484. The van der Waals surface area contributed by atoms with Gasteiger partial charge in [0.2, 0.25) is 15.9 Å². The van der Waals surface area contributed by atoms with E-state index in [-0.39, 0.29) is 23.1 Å². The molecule has 0 aliphatic carbocycles. The largest absolute Gasteiger partial charge is 0.384 e. The van der Waals surface area contributed by atoms with E-state index in [1.54, 1.807) is 72.6 Å². The summed E-state index contributed by atoms with van der Waals surface area (Å²) in [5, 5.41) is 13.1.